The predicted octanol–water partition coefficient (Wildman–Crippen LogP) is 3.13. The molecule has 5 heteroatoms. The normalized spacial score (nSPS) is 11.4. The lowest BCUT2D eigenvalue weighted by atomic mass is 10.1. The van der Waals surface area contributed by atoms with Gasteiger partial charge in [-0.2, -0.15) is 0 Å². The van der Waals surface area contributed by atoms with Gasteiger partial charge in [-0.05, 0) is 12.1 Å². The molecule has 0 radical (unpaired) electrons. The summed E-state index contributed by atoms with van der Waals surface area (Å²) in [5.41, 5.74) is 5.82. The SMILES string of the molecule is Nc1csc2c(C(F)F)cc(O)cc12. The van der Waals surface area contributed by atoms with Gasteiger partial charge >= 0.3 is 0 Å². The maximum absolute atomic E-state index is 12.5. The standard InChI is InChI=1S/C9H7F2NOS/c10-9(11)6-2-4(13)1-5-7(12)3-14-8(5)6/h1-3,9,13H,12H2. The molecule has 74 valence electrons. The number of hydrogen-bond donors (Lipinski definition) is 2. The molecule has 0 amide bonds. The minimum atomic E-state index is -2.59. The van der Waals surface area contributed by atoms with E-state index in [1.807, 2.05) is 0 Å². The second-order valence-electron chi connectivity index (χ2n) is 2.90. The summed E-state index contributed by atoms with van der Waals surface area (Å²) in [6.45, 7) is 0. The number of nitrogen functional groups attached to an aromatic ring is 1. The molecule has 2 rings (SSSR count). The highest BCUT2D eigenvalue weighted by atomic mass is 32.1. The van der Waals surface area contributed by atoms with Crippen LogP contribution in [0.2, 0.25) is 0 Å². The minimum absolute atomic E-state index is 0.165. The third-order valence-corrected chi connectivity index (χ3v) is 3.02. The van der Waals surface area contributed by atoms with Crippen LogP contribution in [0.15, 0.2) is 17.5 Å². The van der Waals surface area contributed by atoms with Gasteiger partial charge in [-0.15, -0.1) is 11.3 Å². The van der Waals surface area contributed by atoms with Crippen LogP contribution in [0.3, 0.4) is 0 Å². The predicted molar refractivity (Wildman–Crippen MR) is 52.9 cm³/mol. The number of nitrogens with two attached hydrogens (primary N) is 1. The van der Waals surface area contributed by atoms with Gasteiger partial charge in [-0.3, -0.25) is 0 Å². The van der Waals surface area contributed by atoms with E-state index in [1.165, 1.54) is 6.07 Å². The molecule has 0 aliphatic carbocycles. The lowest BCUT2D eigenvalue weighted by Crippen LogP contribution is -1.86. The number of benzene rings is 1. The van der Waals surface area contributed by atoms with E-state index in [9.17, 15) is 13.9 Å². The molecule has 0 saturated heterocycles. The number of alkyl halides is 2. The Hall–Kier alpha value is -1.36. The topological polar surface area (TPSA) is 46.2 Å². The third kappa shape index (κ3) is 1.29. The fraction of sp³-hybridized carbons (Fsp3) is 0.111. The van der Waals surface area contributed by atoms with Crippen molar-refractivity contribution in [3.63, 3.8) is 0 Å². The highest BCUT2D eigenvalue weighted by Gasteiger charge is 2.15. The van der Waals surface area contributed by atoms with E-state index >= 15 is 0 Å². The molecule has 0 unspecified atom stereocenters. The fourth-order valence-corrected chi connectivity index (χ4v) is 2.29. The molecule has 0 bridgehead atoms. The third-order valence-electron chi connectivity index (χ3n) is 1.95. The van der Waals surface area contributed by atoms with Gasteiger partial charge in [-0.1, -0.05) is 0 Å². The Morgan fingerprint density at radius 1 is 1.36 bits per heavy atom. The van der Waals surface area contributed by atoms with E-state index in [4.69, 9.17) is 5.73 Å². The van der Waals surface area contributed by atoms with E-state index in [0.29, 0.717) is 15.8 Å². The molecule has 0 fully saturated rings. The number of phenolic OH excluding ortho intramolecular Hbond substituents is 1. The van der Waals surface area contributed by atoms with E-state index in [-0.39, 0.29) is 11.3 Å². The summed E-state index contributed by atoms with van der Waals surface area (Å²) >= 11 is 1.16. The molecule has 0 aliphatic rings. The summed E-state index contributed by atoms with van der Waals surface area (Å²) in [4.78, 5) is 0. The molecule has 1 heterocycles. The van der Waals surface area contributed by atoms with Gasteiger partial charge in [-0.25, -0.2) is 8.78 Å². The maximum atomic E-state index is 12.5. The average Bonchev–Trinajstić information content (AvgIpc) is 2.47. The Balaban J connectivity index is 2.82. The number of aromatic hydroxyl groups is 1. The molecule has 0 atom stereocenters. The van der Waals surface area contributed by atoms with Crippen LogP contribution < -0.4 is 5.73 Å². The van der Waals surface area contributed by atoms with Crippen molar-refractivity contribution in [3.8, 4) is 5.75 Å². The lowest BCUT2D eigenvalue weighted by Gasteiger charge is -2.02. The summed E-state index contributed by atoms with van der Waals surface area (Å²) in [5.74, 6) is -0.182. The molecule has 2 nitrogen and oxygen atoms in total. The van der Waals surface area contributed by atoms with Crippen LogP contribution in [0.25, 0.3) is 10.1 Å². The maximum Gasteiger partial charge on any atom is 0.265 e. The van der Waals surface area contributed by atoms with Gasteiger partial charge in [0, 0.05) is 21.0 Å². The van der Waals surface area contributed by atoms with E-state index in [0.717, 1.165) is 17.4 Å². The molecule has 0 aliphatic heterocycles. The lowest BCUT2D eigenvalue weighted by molar-refractivity contribution is 0.153. The molecule has 1 aromatic heterocycles. The first kappa shape index (κ1) is 9.21. The molecule has 1 aromatic carbocycles. The Morgan fingerprint density at radius 2 is 2.07 bits per heavy atom. The average molecular weight is 215 g/mol. The highest BCUT2D eigenvalue weighted by molar-refractivity contribution is 7.18. The number of halogens is 2. The molecular weight excluding hydrogens is 208 g/mol. The van der Waals surface area contributed by atoms with E-state index in [1.54, 1.807) is 5.38 Å². The first-order valence-electron chi connectivity index (χ1n) is 3.87. The molecular formula is C9H7F2NOS. The van der Waals surface area contributed by atoms with Crippen molar-refractivity contribution in [2.24, 2.45) is 0 Å². The summed E-state index contributed by atoms with van der Waals surface area (Å²) in [5, 5.41) is 11.3. The van der Waals surface area contributed by atoms with Gasteiger partial charge in [0.15, 0.2) is 0 Å². The summed E-state index contributed by atoms with van der Waals surface area (Å²) in [6.07, 6.45) is -2.59. The van der Waals surface area contributed by atoms with Crippen molar-refractivity contribution in [2.45, 2.75) is 6.43 Å². The van der Waals surface area contributed by atoms with Gasteiger partial charge < -0.3 is 10.8 Å². The zero-order chi connectivity index (χ0) is 10.3. The number of rotatable bonds is 1. The Morgan fingerprint density at radius 3 is 2.71 bits per heavy atom. The van der Waals surface area contributed by atoms with Gasteiger partial charge in [0.1, 0.15) is 5.75 Å². The molecule has 3 N–H and O–H groups in total. The number of hydrogen-bond acceptors (Lipinski definition) is 3. The van der Waals surface area contributed by atoms with Crippen LogP contribution in [-0.4, -0.2) is 5.11 Å². The van der Waals surface area contributed by atoms with Crippen LogP contribution in [0.1, 0.15) is 12.0 Å². The quantitative estimate of drug-likeness (QED) is 0.767. The highest BCUT2D eigenvalue weighted by Crippen LogP contribution is 2.38. The zero-order valence-corrected chi connectivity index (χ0v) is 7.81. The number of phenols is 1. The molecule has 2 aromatic rings. The van der Waals surface area contributed by atoms with Crippen molar-refractivity contribution >= 4 is 27.1 Å². The van der Waals surface area contributed by atoms with Crippen LogP contribution in [0.4, 0.5) is 14.5 Å². The molecule has 14 heavy (non-hydrogen) atoms. The van der Waals surface area contributed by atoms with Crippen LogP contribution in [0, 0.1) is 0 Å². The Labute approximate surface area is 82.6 Å². The van der Waals surface area contributed by atoms with Crippen LogP contribution in [-0.2, 0) is 0 Å². The first-order valence-corrected chi connectivity index (χ1v) is 4.75. The smallest absolute Gasteiger partial charge is 0.265 e. The zero-order valence-electron chi connectivity index (χ0n) is 7.00. The fourth-order valence-electron chi connectivity index (χ4n) is 1.33. The largest absolute Gasteiger partial charge is 0.508 e. The summed E-state index contributed by atoms with van der Waals surface area (Å²) in [7, 11) is 0. The van der Waals surface area contributed by atoms with Crippen molar-refractivity contribution < 1.29 is 13.9 Å². The number of anilines is 1. The minimum Gasteiger partial charge on any atom is -0.508 e. The van der Waals surface area contributed by atoms with Crippen molar-refractivity contribution in [3.05, 3.63) is 23.1 Å². The van der Waals surface area contributed by atoms with Crippen LogP contribution >= 0.6 is 11.3 Å². The first-order chi connectivity index (χ1) is 6.59. The van der Waals surface area contributed by atoms with Gasteiger partial charge in [0.25, 0.3) is 6.43 Å². The van der Waals surface area contributed by atoms with Crippen molar-refractivity contribution in [1.82, 2.24) is 0 Å². The Bertz CT molecular complexity index is 481. The second-order valence-corrected chi connectivity index (χ2v) is 3.78. The monoisotopic (exact) mass is 215 g/mol. The van der Waals surface area contributed by atoms with Gasteiger partial charge in [0.05, 0.1) is 5.69 Å². The summed E-state index contributed by atoms with van der Waals surface area (Å²) < 4.78 is 25.5. The van der Waals surface area contributed by atoms with Crippen molar-refractivity contribution in [1.29, 1.82) is 0 Å². The second kappa shape index (κ2) is 3.09. The van der Waals surface area contributed by atoms with E-state index in [2.05, 4.69) is 0 Å². The van der Waals surface area contributed by atoms with Crippen molar-refractivity contribution in [2.75, 3.05) is 5.73 Å². The Kier molecular flexibility index (Phi) is 2.03. The molecule has 0 spiro atoms. The number of thiophene rings is 1. The molecule has 0 saturated carbocycles. The van der Waals surface area contributed by atoms with Gasteiger partial charge in [0.2, 0.25) is 0 Å². The van der Waals surface area contributed by atoms with Crippen LogP contribution in [0.5, 0.6) is 5.75 Å². The summed E-state index contributed by atoms with van der Waals surface area (Å²) in [6, 6.07) is 2.47. The van der Waals surface area contributed by atoms with E-state index < -0.39 is 6.43 Å². The number of fused-ring (bicyclic) bond motifs is 1.